The van der Waals surface area contributed by atoms with E-state index >= 15 is 0 Å². The second kappa shape index (κ2) is 9.28. The molecule has 1 aromatic heterocycles. The van der Waals surface area contributed by atoms with Gasteiger partial charge in [0.05, 0.1) is 0 Å². The Hall–Kier alpha value is -1.72. The third-order valence-corrected chi connectivity index (χ3v) is 5.45. The Kier molecular flexibility index (Phi) is 7.35. The summed E-state index contributed by atoms with van der Waals surface area (Å²) >= 11 is 0. The van der Waals surface area contributed by atoms with Crippen LogP contribution in [0, 0.1) is 0 Å². The van der Waals surface area contributed by atoms with Crippen LogP contribution in [0.2, 0.25) is 0 Å². The van der Waals surface area contributed by atoms with E-state index in [9.17, 15) is 8.42 Å². The Bertz CT molecular complexity index is 858. The fraction of sp³-hybridized carbons (Fsp3) is 0.294. The highest BCUT2D eigenvalue weighted by Gasteiger charge is 2.22. The van der Waals surface area contributed by atoms with Gasteiger partial charge in [-0.25, -0.2) is 13.1 Å². The van der Waals surface area contributed by atoms with Crippen molar-refractivity contribution >= 4 is 45.6 Å². The van der Waals surface area contributed by atoms with Gasteiger partial charge in [0.25, 0.3) is 0 Å². The molecule has 0 fully saturated rings. The lowest BCUT2D eigenvalue weighted by Crippen LogP contribution is -2.43. The van der Waals surface area contributed by atoms with Crippen molar-refractivity contribution in [3.63, 3.8) is 0 Å². The second-order valence-corrected chi connectivity index (χ2v) is 7.36. The number of para-hydroxylation sites is 1. The van der Waals surface area contributed by atoms with Crippen LogP contribution in [0.4, 0.5) is 5.69 Å². The molecule has 0 amide bonds. The Balaban J connectivity index is 0.00000243. The summed E-state index contributed by atoms with van der Waals surface area (Å²) in [6, 6.07) is 11.3. The number of nitrogens with zero attached hydrogens (tertiary/aromatic N) is 3. The molecule has 3 rings (SSSR count). The third kappa shape index (κ3) is 4.71. The van der Waals surface area contributed by atoms with Crippen LogP contribution in [-0.2, 0) is 16.4 Å². The van der Waals surface area contributed by atoms with Crippen LogP contribution in [0.1, 0.15) is 5.56 Å². The van der Waals surface area contributed by atoms with E-state index < -0.39 is 10.0 Å². The average Bonchev–Trinajstić information content (AvgIpc) is 3.07. The van der Waals surface area contributed by atoms with Crippen molar-refractivity contribution in [1.82, 2.24) is 15.0 Å². The SMILES string of the molecule is CN=C(NCCNS(=O)(=O)c1cccnc1)N1CCc2ccccc21.I. The van der Waals surface area contributed by atoms with Crippen LogP contribution in [0.15, 0.2) is 58.7 Å². The van der Waals surface area contributed by atoms with Crippen LogP contribution in [0.3, 0.4) is 0 Å². The van der Waals surface area contributed by atoms with Crippen LogP contribution < -0.4 is 14.9 Å². The number of hydrogen-bond acceptors (Lipinski definition) is 4. The van der Waals surface area contributed by atoms with Crippen molar-refractivity contribution in [3.8, 4) is 0 Å². The zero-order chi connectivity index (χ0) is 17.7. The first-order valence-electron chi connectivity index (χ1n) is 8.07. The van der Waals surface area contributed by atoms with E-state index in [0.29, 0.717) is 6.54 Å². The molecule has 9 heteroatoms. The van der Waals surface area contributed by atoms with Gasteiger partial charge >= 0.3 is 0 Å². The molecule has 0 saturated carbocycles. The van der Waals surface area contributed by atoms with Crippen LogP contribution in [0.5, 0.6) is 0 Å². The number of aromatic nitrogens is 1. The summed E-state index contributed by atoms with van der Waals surface area (Å²) < 4.78 is 26.9. The fourth-order valence-corrected chi connectivity index (χ4v) is 3.80. The number of sulfonamides is 1. The van der Waals surface area contributed by atoms with Crippen molar-refractivity contribution in [2.45, 2.75) is 11.3 Å². The largest absolute Gasteiger partial charge is 0.355 e. The van der Waals surface area contributed by atoms with Crippen molar-refractivity contribution in [2.75, 3.05) is 31.6 Å². The summed E-state index contributed by atoms with van der Waals surface area (Å²) in [5.74, 6) is 0.741. The highest BCUT2D eigenvalue weighted by Crippen LogP contribution is 2.27. The molecule has 0 bridgehead atoms. The number of aliphatic imine (C=N–C) groups is 1. The molecule has 7 nitrogen and oxygen atoms in total. The molecule has 2 N–H and O–H groups in total. The topological polar surface area (TPSA) is 86.7 Å². The Morgan fingerprint density at radius 2 is 2.04 bits per heavy atom. The van der Waals surface area contributed by atoms with Gasteiger partial charge in [-0.2, -0.15) is 0 Å². The maximum absolute atomic E-state index is 12.1. The monoisotopic (exact) mass is 487 g/mol. The van der Waals surface area contributed by atoms with Gasteiger partial charge in [-0.15, -0.1) is 24.0 Å². The number of pyridine rings is 1. The maximum atomic E-state index is 12.1. The van der Waals surface area contributed by atoms with Crippen LogP contribution in [-0.4, -0.2) is 46.0 Å². The predicted molar refractivity (Wildman–Crippen MR) is 114 cm³/mol. The maximum Gasteiger partial charge on any atom is 0.242 e. The summed E-state index contributed by atoms with van der Waals surface area (Å²) in [5, 5.41) is 3.21. The zero-order valence-electron chi connectivity index (χ0n) is 14.4. The van der Waals surface area contributed by atoms with Crippen molar-refractivity contribution in [3.05, 3.63) is 54.4 Å². The summed E-state index contributed by atoms with van der Waals surface area (Å²) in [7, 11) is -1.81. The number of hydrogen-bond donors (Lipinski definition) is 2. The molecular formula is C17H22IN5O2S. The van der Waals surface area contributed by atoms with E-state index in [1.807, 2.05) is 12.1 Å². The number of nitrogens with one attached hydrogen (secondary N) is 2. The van der Waals surface area contributed by atoms with Gasteiger partial charge < -0.3 is 10.2 Å². The first kappa shape index (κ1) is 20.6. The van der Waals surface area contributed by atoms with E-state index in [-0.39, 0.29) is 35.4 Å². The van der Waals surface area contributed by atoms with Gasteiger partial charge in [0.2, 0.25) is 10.0 Å². The van der Waals surface area contributed by atoms with Crippen molar-refractivity contribution < 1.29 is 8.42 Å². The van der Waals surface area contributed by atoms with Crippen LogP contribution >= 0.6 is 24.0 Å². The molecular weight excluding hydrogens is 465 g/mol. The second-order valence-electron chi connectivity index (χ2n) is 5.59. The summed E-state index contributed by atoms with van der Waals surface area (Å²) in [6.07, 6.45) is 3.85. The highest BCUT2D eigenvalue weighted by atomic mass is 127. The molecule has 2 aromatic rings. The molecule has 0 saturated heterocycles. The standard InChI is InChI=1S/C17H21N5O2S.HI/c1-18-17(22-12-8-14-5-2-3-7-16(14)22)20-10-11-21-25(23,24)15-6-4-9-19-13-15;/h2-7,9,13,21H,8,10-12H2,1H3,(H,18,20);1H. The highest BCUT2D eigenvalue weighted by molar-refractivity contribution is 14.0. The Morgan fingerprint density at radius 3 is 2.77 bits per heavy atom. The van der Waals surface area contributed by atoms with Gasteiger partial charge in [0.15, 0.2) is 5.96 Å². The Morgan fingerprint density at radius 1 is 1.23 bits per heavy atom. The van der Waals surface area contributed by atoms with Crippen molar-refractivity contribution in [2.24, 2.45) is 4.99 Å². The number of guanidine groups is 1. The summed E-state index contributed by atoms with van der Waals surface area (Å²) in [6.45, 7) is 1.55. The minimum absolute atomic E-state index is 0. The molecule has 2 heterocycles. The molecule has 0 atom stereocenters. The first-order chi connectivity index (χ1) is 12.1. The zero-order valence-corrected chi connectivity index (χ0v) is 17.6. The molecule has 0 radical (unpaired) electrons. The third-order valence-electron chi connectivity index (χ3n) is 4.00. The molecule has 0 spiro atoms. The molecule has 1 aromatic carbocycles. The summed E-state index contributed by atoms with van der Waals surface area (Å²) in [5.41, 5.74) is 2.44. The molecule has 0 unspecified atom stereocenters. The summed E-state index contributed by atoms with van der Waals surface area (Å²) in [4.78, 5) is 10.4. The molecule has 1 aliphatic heterocycles. The predicted octanol–water partition coefficient (Wildman–Crippen LogP) is 1.62. The molecule has 140 valence electrons. The lowest BCUT2D eigenvalue weighted by Gasteiger charge is -2.22. The van der Waals surface area contributed by atoms with Gasteiger partial charge in [0.1, 0.15) is 4.90 Å². The number of anilines is 1. The number of benzene rings is 1. The van der Waals surface area contributed by atoms with E-state index in [1.54, 1.807) is 19.3 Å². The minimum Gasteiger partial charge on any atom is -0.355 e. The van der Waals surface area contributed by atoms with Gasteiger partial charge in [-0.05, 0) is 30.2 Å². The van der Waals surface area contributed by atoms with E-state index in [1.165, 1.54) is 17.8 Å². The molecule has 1 aliphatic rings. The quantitative estimate of drug-likeness (QED) is 0.290. The van der Waals surface area contributed by atoms with Crippen LogP contribution in [0.25, 0.3) is 0 Å². The fourth-order valence-electron chi connectivity index (χ4n) is 2.80. The number of halogens is 1. The first-order valence-corrected chi connectivity index (χ1v) is 9.56. The van der Waals surface area contributed by atoms with Gasteiger partial charge in [0, 0.05) is 44.8 Å². The Labute approximate surface area is 171 Å². The average molecular weight is 487 g/mol. The van der Waals surface area contributed by atoms with E-state index in [4.69, 9.17) is 0 Å². The van der Waals surface area contributed by atoms with E-state index in [0.717, 1.165) is 24.6 Å². The van der Waals surface area contributed by atoms with Gasteiger partial charge in [-0.1, -0.05) is 18.2 Å². The normalized spacial score (nSPS) is 13.9. The van der Waals surface area contributed by atoms with Crippen molar-refractivity contribution in [1.29, 1.82) is 0 Å². The number of rotatable bonds is 5. The number of fused-ring (bicyclic) bond motifs is 1. The smallest absolute Gasteiger partial charge is 0.242 e. The lowest BCUT2D eigenvalue weighted by atomic mass is 10.2. The van der Waals surface area contributed by atoms with E-state index in [2.05, 4.69) is 37.0 Å². The molecule has 26 heavy (non-hydrogen) atoms. The molecule has 0 aliphatic carbocycles. The van der Waals surface area contributed by atoms with Gasteiger partial charge in [-0.3, -0.25) is 9.98 Å². The lowest BCUT2D eigenvalue weighted by molar-refractivity contribution is 0.580. The minimum atomic E-state index is -3.54.